The third kappa shape index (κ3) is 3.21. The van der Waals surface area contributed by atoms with Crippen LogP contribution >= 0.6 is 31.9 Å². The van der Waals surface area contributed by atoms with Crippen molar-refractivity contribution < 1.29 is 4.74 Å². The topological polar surface area (TPSA) is 9.23 Å². The molecular formula is C28H30Br2O. The van der Waals surface area contributed by atoms with E-state index in [-0.39, 0.29) is 0 Å². The van der Waals surface area contributed by atoms with E-state index in [2.05, 4.69) is 57.0 Å². The summed E-state index contributed by atoms with van der Waals surface area (Å²) in [6.07, 6.45) is 15.1. The summed E-state index contributed by atoms with van der Waals surface area (Å²) < 4.78 is 8.29. The molecule has 4 aliphatic rings. The van der Waals surface area contributed by atoms with Gasteiger partial charge in [-0.15, -0.1) is 0 Å². The summed E-state index contributed by atoms with van der Waals surface area (Å²) >= 11 is 7.61. The van der Waals surface area contributed by atoms with Crippen molar-refractivity contribution in [3.05, 3.63) is 66.1 Å². The van der Waals surface area contributed by atoms with Crippen LogP contribution in [0.2, 0.25) is 0 Å². The minimum Gasteiger partial charge on any atom is -0.492 e. The van der Waals surface area contributed by atoms with Crippen LogP contribution in [0.4, 0.5) is 0 Å². The summed E-state index contributed by atoms with van der Waals surface area (Å²) in [6.45, 7) is 3.15. The number of halogens is 2. The average Bonchev–Trinajstić information content (AvgIpc) is 3.54. The first-order chi connectivity index (χ1) is 15.2. The van der Waals surface area contributed by atoms with Crippen molar-refractivity contribution in [1.82, 2.24) is 0 Å². The SMILES string of the molecule is CCCC1CCc2ccc3c(c21)CCC3CC=C1CCc2c(Br)c(Br)c3c(c21)CCO3. The molecule has 6 rings (SSSR count). The highest BCUT2D eigenvalue weighted by Crippen LogP contribution is 2.51. The zero-order valence-corrected chi connectivity index (χ0v) is 21.5. The van der Waals surface area contributed by atoms with Gasteiger partial charge in [0, 0.05) is 16.5 Å². The molecule has 2 atom stereocenters. The second-order valence-corrected chi connectivity index (χ2v) is 11.4. The van der Waals surface area contributed by atoms with Crippen LogP contribution in [0.15, 0.2) is 27.2 Å². The lowest BCUT2D eigenvalue weighted by Crippen LogP contribution is -2.00. The van der Waals surface area contributed by atoms with Gasteiger partial charge in [0.2, 0.25) is 0 Å². The molecule has 3 aliphatic carbocycles. The molecule has 0 saturated heterocycles. The number of ether oxygens (including phenoxy) is 1. The highest BCUT2D eigenvalue weighted by Gasteiger charge is 2.33. The molecule has 1 heterocycles. The van der Waals surface area contributed by atoms with Crippen molar-refractivity contribution in [2.75, 3.05) is 6.61 Å². The minimum absolute atomic E-state index is 0.697. The fraction of sp³-hybridized carbons (Fsp3) is 0.500. The zero-order valence-electron chi connectivity index (χ0n) is 18.3. The molecule has 1 aliphatic heterocycles. The van der Waals surface area contributed by atoms with Crippen molar-refractivity contribution in [3.8, 4) is 5.75 Å². The molecule has 1 nitrogen and oxygen atoms in total. The van der Waals surface area contributed by atoms with Gasteiger partial charge in [-0.1, -0.05) is 31.6 Å². The Morgan fingerprint density at radius 3 is 2.68 bits per heavy atom. The van der Waals surface area contributed by atoms with E-state index >= 15 is 0 Å². The largest absolute Gasteiger partial charge is 0.492 e. The van der Waals surface area contributed by atoms with Crippen molar-refractivity contribution in [2.45, 2.75) is 83.0 Å². The van der Waals surface area contributed by atoms with Gasteiger partial charge in [-0.3, -0.25) is 0 Å². The van der Waals surface area contributed by atoms with Crippen LogP contribution in [0, 0.1) is 0 Å². The summed E-state index contributed by atoms with van der Waals surface area (Å²) in [5.74, 6) is 2.59. The fourth-order valence-corrected chi connectivity index (χ4v) is 8.03. The summed E-state index contributed by atoms with van der Waals surface area (Å²) in [5.41, 5.74) is 12.8. The molecular weight excluding hydrogens is 512 g/mol. The van der Waals surface area contributed by atoms with Crippen molar-refractivity contribution in [3.63, 3.8) is 0 Å². The Labute approximate surface area is 202 Å². The van der Waals surface area contributed by atoms with E-state index in [1.807, 2.05) is 0 Å². The zero-order chi connectivity index (χ0) is 21.1. The highest BCUT2D eigenvalue weighted by molar-refractivity contribution is 9.13. The monoisotopic (exact) mass is 540 g/mol. The van der Waals surface area contributed by atoms with E-state index in [1.165, 1.54) is 72.5 Å². The summed E-state index contributed by atoms with van der Waals surface area (Å²) in [6, 6.07) is 4.96. The fourth-order valence-electron chi connectivity index (χ4n) is 6.86. The number of hydrogen-bond donors (Lipinski definition) is 0. The Morgan fingerprint density at radius 2 is 1.81 bits per heavy atom. The van der Waals surface area contributed by atoms with Crippen LogP contribution in [0.5, 0.6) is 5.75 Å². The number of benzene rings is 2. The second kappa shape index (κ2) is 8.06. The van der Waals surface area contributed by atoms with Crippen LogP contribution in [-0.2, 0) is 25.7 Å². The van der Waals surface area contributed by atoms with Gasteiger partial charge in [0.05, 0.1) is 11.1 Å². The molecule has 0 spiro atoms. The average molecular weight is 542 g/mol. The first-order valence-electron chi connectivity index (χ1n) is 12.2. The maximum Gasteiger partial charge on any atom is 0.138 e. The molecule has 0 saturated carbocycles. The van der Waals surface area contributed by atoms with E-state index in [1.54, 1.807) is 27.8 Å². The van der Waals surface area contributed by atoms with Crippen LogP contribution < -0.4 is 4.74 Å². The van der Waals surface area contributed by atoms with Crippen molar-refractivity contribution >= 4 is 37.4 Å². The van der Waals surface area contributed by atoms with Crippen molar-refractivity contribution in [1.29, 1.82) is 0 Å². The molecule has 0 N–H and O–H groups in total. The standard InChI is InChI=1S/C28H30Br2O/c1-2-3-17-6-7-18-9-11-20-16(8-12-21(20)24(17)18)4-5-19-10-13-22-25(19)23-14-15-31-28(23)27(30)26(22)29/h5,9,11,16-17H,2-4,6-8,10,12-15H2,1H3. The Balaban J connectivity index is 1.31. The van der Waals surface area contributed by atoms with Gasteiger partial charge in [0.15, 0.2) is 0 Å². The molecule has 2 unspecified atom stereocenters. The van der Waals surface area contributed by atoms with Gasteiger partial charge in [-0.2, -0.15) is 0 Å². The second-order valence-electron chi connectivity index (χ2n) is 9.82. The molecule has 0 bridgehead atoms. The van der Waals surface area contributed by atoms with E-state index in [0.717, 1.165) is 35.6 Å². The van der Waals surface area contributed by atoms with Gasteiger partial charge in [0.1, 0.15) is 5.75 Å². The van der Waals surface area contributed by atoms with E-state index in [0.29, 0.717) is 5.92 Å². The maximum atomic E-state index is 5.98. The predicted molar refractivity (Wildman–Crippen MR) is 135 cm³/mol. The number of aryl methyl sites for hydroxylation is 1. The maximum absolute atomic E-state index is 5.98. The van der Waals surface area contributed by atoms with Crippen molar-refractivity contribution in [2.24, 2.45) is 0 Å². The number of allylic oxidation sites excluding steroid dienone is 2. The van der Waals surface area contributed by atoms with Crippen LogP contribution in [-0.4, -0.2) is 6.61 Å². The Hall–Kier alpha value is -1.06. The summed E-state index contributed by atoms with van der Waals surface area (Å²) in [5, 5.41) is 0. The summed E-state index contributed by atoms with van der Waals surface area (Å²) in [4.78, 5) is 0. The number of rotatable bonds is 4. The molecule has 2 aromatic rings. The van der Waals surface area contributed by atoms with Gasteiger partial charge < -0.3 is 4.74 Å². The third-order valence-corrected chi connectivity index (χ3v) is 10.4. The van der Waals surface area contributed by atoms with Gasteiger partial charge in [-0.25, -0.2) is 0 Å². The predicted octanol–water partition coefficient (Wildman–Crippen LogP) is 8.43. The summed E-state index contributed by atoms with van der Waals surface area (Å²) in [7, 11) is 0. The van der Waals surface area contributed by atoms with Gasteiger partial charge in [0.25, 0.3) is 0 Å². The Kier molecular flexibility index (Phi) is 5.34. The Morgan fingerprint density at radius 1 is 0.935 bits per heavy atom. The number of hydrogen-bond acceptors (Lipinski definition) is 1. The van der Waals surface area contributed by atoms with E-state index in [9.17, 15) is 0 Å². The third-order valence-electron chi connectivity index (χ3n) is 8.22. The van der Waals surface area contributed by atoms with Gasteiger partial charge >= 0.3 is 0 Å². The Bertz CT molecular complexity index is 1100. The molecule has 0 radical (unpaired) electrons. The van der Waals surface area contributed by atoms with Crippen LogP contribution in [0.3, 0.4) is 0 Å². The quantitative estimate of drug-likeness (QED) is 0.377. The first kappa shape index (κ1) is 20.5. The minimum atomic E-state index is 0.697. The van der Waals surface area contributed by atoms with Crippen LogP contribution in [0.1, 0.15) is 96.2 Å². The highest BCUT2D eigenvalue weighted by atomic mass is 79.9. The molecule has 31 heavy (non-hydrogen) atoms. The molecule has 0 fully saturated rings. The smallest absolute Gasteiger partial charge is 0.138 e. The number of fused-ring (bicyclic) bond motifs is 6. The lowest BCUT2D eigenvalue weighted by molar-refractivity contribution is 0.354. The molecule has 0 amide bonds. The van der Waals surface area contributed by atoms with Crippen LogP contribution in [0.25, 0.3) is 5.57 Å². The van der Waals surface area contributed by atoms with Gasteiger partial charge in [-0.05, 0) is 134 Å². The van der Waals surface area contributed by atoms with E-state index in [4.69, 9.17) is 4.74 Å². The first-order valence-corrected chi connectivity index (χ1v) is 13.7. The normalized spacial score (nSPS) is 24.3. The molecule has 0 aromatic heterocycles. The molecule has 162 valence electrons. The molecule has 3 heteroatoms. The molecule has 2 aromatic carbocycles. The van der Waals surface area contributed by atoms with E-state index < -0.39 is 0 Å². The lowest BCUT2D eigenvalue weighted by Gasteiger charge is -2.17. The lowest BCUT2D eigenvalue weighted by atomic mass is 9.88.